The smallest absolute Gasteiger partial charge is 0.411 e. The number of aliphatic imine (C=N–C) groups is 1. The number of guanidine groups is 1. The standard InChI is InChI=1S/C19H26N6O3.HI/c1-20-18(21-13-15-3-5-16(6-4-15)22-19(26)27-2)25-10-8-24(9-11-25)14-17-7-12-28-23-17;/h3-7,12H,8-11,13-14H2,1-2H3,(H,20,21)(H,22,26);1H. The molecule has 1 aromatic heterocycles. The fourth-order valence-electron chi connectivity index (χ4n) is 3.05. The molecule has 1 aromatic carbocycles. The number of benzene rings is 1. The number of halogens is 1. The number of hydrogen-bond acceptors (Lipinski definition) is 6. The van der Waals surface area contributed by atoms with Gasteiger partial charge in [0.25, 0.3) is 0 Å². The molecule has 1 fully saturated rings. The molecule has 2 aromatic rings. The Morgan fingerprint density at radius 3 is 2.52 bits per heavy atom. The number of anilines is 1. The maximum Gasteiger partial charge on any atom is 0.411 e. The normalized spacial score (nSPS) is 14.8. The van der Waals surface area contributed by atoms with Crippen LogP contribution in [0.15, 0.2) is 46.1 Å². The van der Waals surface area contributed by atoms with Crippen LogP contribution in [0.3, 0.4) is 0 Å². The molecule has 0 atom stereocenters. The summed E-state index contributed by atoms with van der Waals surface area (Å²) in [6, 6.07) is 9.51. The highest BCUT2D eigenvalue weighted by atomic mass is 127. The molecular formula is C19H27IN6O3. The molecule has 1 aliphatic rings. The Kier molecular flexibility index (Phi) is 9.19. The van der Waals surface area contributed by atoms with Crippen LogP contribution >= 0.6 is 24.0 Å². The maximum atomic E-state index is 11.2. The first-order valence-electron chi connectivity index (χ1n) is 9.19. The van der Waals surface area contributed by atoms with Gasteiger partial charge in [-0.15, -0.1) is 24.0 Å². The highest BCUT2D eigenvalue weighted by molar-refractivity contribution is 14.0. The zero-order chi connectivity index (χ0) is 19.8. The molecule has 1 saturated heterocycles. The average molecular weight is 514 g/mol. The molecule has 1 amide bonds. The molecular weight excluding hydrogens is 487 g/mol. The van der Waals surface area contributed by atoms with Gasteiger partial charge >= 0.3 is 6.09 Å². The minimum atomic E-state index is -0.478. The van der Waals surface area contributed by atoms with E-state index in [0.717, 1.165) is 49.9 Å². The summed E-state index contributed by atoms with van der Waals surface area (Å²) in [4.78, 5) is 20.2. The highest BCUT2D eigenvalue weighted by Crippen LogP contribution is 2.11. The van der Waals surface area contributed by atoms with Crippen molar-refractivity contribution in [3.8, 4) is 0 Å². The Morgan fingerprint density at radius 1 is 1.21 bits per heavy atom. The monoisotopic (exact) mass is 514 g/mol. The van der Waals surface area contributed by atoms with E-state index in [1.165, 1.54) is 7.11 Å². The number of piperazine rings is 1. The van der Waals surface area contributed by atoms with Gasteiger partial charge in [0.2, 0.25) is 0 Å². The van der Waals surface area contributed by atoms with Crippen LogP contribution in [0.4, 0.5) is 10.5 Å². The second kappa shape index (κ2) is 11.6. The fourth-order valence-corrected chi connectivity index (χ4v) is 3.05. The van der Waals surface area contributed by atoms with Crippen LogP contribution in [0.5, 0.6) is 0 Å². The largest absolute Gasteiger partial charge is 0.453 e. The maximum absolute atomic E-state index is 11.2. The lowest BCUT2D eigenvalue weighted by atomic mass is 10.2. The number of hydrogen-bond donors (Lipinski definition) is 2. The molecule has 158 valence electrons. The van der Waals surface area contributed by atoms with Crippen LogP contribution in [0.2, 0.25) is 0 Å². The SMILES string of the molecule is CN=C(NCc1ccc(NC(=O)OC)cc1)N1CCN(Cc2ccon2)CC1.I. The summed E-state index contributed by atoms with van der Waals surface area (Å²) in [6.45, 7) is 5.16. The third-order valence-electron chi connectivity index (χ3n) is 4.60. The van der Waals surface area contributed by atoms with Gasteiger partial charge in [-0.3, -0.25) is 15.2 Å². The van der Waals surface area contributed by atoms with Crippen LogP contribution in [0, 0.1) is 0 Å². The molecule has 2 N–H and O–H groups in total. The number of aromatic nitrogens is 1. The van der Waals surface area contributed by atoms with Crippen molar-refractivity contribution in [1.29, 1.82) is 0 Å². The summed E-state index contributed by atoms with van der Waals surface area (Å²) in [5.74, 6) is 0.887. The van der Waals surface area contributed by atoms with Crippen molar-refractivity contribution in [2.45, 2.75) is 13.1 Å². The first-order chi connectivity index (χ1) is 13.7. The van der Waals surface area contributed by atoms with Gasteiger partial charge in [0, 0.05) is 58.1 Å². The number of carbonyl (C=O) groups is 1. The quantitative estimate of drug-likeness (QED) is 0.360. The van der Waals surface area contributed by atoms with Gasteiger partial charge in [0.15, 0.2) is 5.96 Å². The van der Waals surface area contributed by atoms with Crippen LogP contribution < -0.4 is 10.6 Å². The number of methoxy groups -OCH3 is 1. The fraction of sp³-hybridized carbons (Fsp3) is 0.421. The number of rotatable bonds is 5. The second-order valence-corrected chi connectivity index (χ2v) is 6.47. The van der Waals surface area contributed by atoms with Crippen LogP contribution in [0.1, 0.15) is 11.3 Å². The van der Waals surface area contributed by atoms with E-state index >= 15 is 0 Å². The zero-order valence-corrected chi connectivity index (χ0v) is 19.0. The summed E-state index contributed by atoms with van der Waals surface area (Å²) in [5, 5.41) is 10.0. The van der Waals surface area contributed by atoms with Gasteiger partial charge in [-0.2, -0.15) is 0 Å². The summed E-state index contributed by atoms with van der Waals surface area (Å²) in [5.41, 5.74) is 2.76. The molecule has 0 aliphatic carbocycles. The van der Waals surface area contributed by atoms with Crippen LogP contribution in [-0.4, -0.2) is 67.3 Å². The molecule has 0 saturated carbocycles. The third kappa shape index (κ3) is 6.89. The Labute approximate surface area is 187 Å². The van der Waals surface area contributed by atoms with Crippen LogP contribution in [-0.2, 0) is 17.8 Å². The van der Waals surface area contributed by atoms with E-state index in [9.17, 15) is 4.79 Å². The average Bonchev–Trinajstić information content (AvgIpc) is 3.23. The Bertz CT molecular complexity index is 774. The molecule has 10 heteroatoms. The van der Waals surface area contributed by atoms with E-state index in [4.69, 9.17) is 4.52 Å². The summed E-state index contributed by atoms with van der Waals surface area (Å²) in [7, 11) is 3.14. The lowest BCUT2D eigenvalue weighted by Gasteiger charge is -2.36. The van der Waals surface area contributed by atoms with E-state index in [-0.39, 0.29) is 24.0 Å². The minimum absolute atomic E-state index is 0. The van der Waals surface area contributed by atoms with Crippen molar-refractivity contribution in [2.24, 2.45) is 4.99 Å². The van der Waals surface area contributed by atoms with Crippen molar-refractivity contribution in [2.75, 3.05) is 45.7 Å². The van der Waals surface area contributed by atoms with Gasteiger partial charge in [-0.05, 0) is 17.7 Å². The number of amides is 1. The van der Waals surface area contributed by atoms with Gasteiger partial charge in [0.05, 0.1) is 12.8 Å². The van der Waals surface area contributed by atoms with Gasteiger partial charge in [-0.1, -0.05) is 17.3 Å². The third-order valence-corrected chi connectivity index (χ3v) is 4.60. The van der Waals surface area contributed by atoms with Crippen molar-refractivity contribution in [1.82, 2.24) is 20.3 Å². The number of nitrogens with one attached hydrogen (secondary N) is 2. The van der Waals surface area contributed by atoms with Crippen molar-refractivity contribution in [3.05, 3.63) is 47.9 Å². The first kappa shape index (κ1) is 22.9. The van der Waals surface area contributed by atoms with Gasteiger partial charge in [0.1, 0.15) is 6.26 Å². The highest BCUT2D eigenvalue weighted by Gasteiger charge is 2.20. The molecule has 29 heavy (non-hydrogen) atoms. The lowest BCUT2D eigenvalue weighted by Crippen LogP contribution is -2.52. The summed E-state index contributed by atoms with van der Waals surface area (Å²) < 4.78 is 9.48. The number of ether oxygens (including phenoxy) is 1. The van der Waals surface area contributed by atoms with E-state index in [0.29, 0.717) is 12.2 Å². The minimum Gasteiger partial charge on any atom is -0.453 e. The Balaban J connectivity index is 0.00000300. The van der Waals surface area contributed by atoms with Crippen LogP contribution in [0.25, 0.3) is 0 Å². The van der Waals surface area contributed by atoms with Crippen molar-refractivity contribution in [3.63, 3.8) is 0 Å². The zero-order valence-electron chi connectivity index (χ0n) is 16.6. The molecule has 1 aliphatic heterocycles. The number of carbonyl (C=O) groups excluding carboxylic acids is 1. The molecule has 2 heterocycles. The molecule has 0 unspecified atom stereocenters. The number of nitrogens with zero attached hydrogens (tertiary/aromatic N) is 4. The molecule has 3 rings (SSSR count). The van der Waals surface area contributed by atoms with Gasteiger partial charge < -0.3 is 19.5 Å². The lowest BCUT2D eigenvalue weighted by molar-refractivity contribution is 0.169. The molecule has 0 spiro atoms. The summed E-state index contributed by atoms with van der Waals surface area (Å²) in [6.07, 6.45) is 1.13. The Hall–Kier alpha value is -2.34. The second-order valence-electron chi connectivity index (χ2n) is 6.47. The predicted octanol–water partition coefficient (Wildman–Crippen LogP) is 2.36. The van der Waals surface area contributed by atoms with E-state index in [1.54, 1.807) is 13.3 Å². The van der Waals surface area contributed by atoms with E-state index < -0.39 is 6.09 Å². The summed E-state index contributed by atoms with van der Waals surface area (Å²) >= 11 is 0. The van der Waals surface area contributed by atoms with Gasteiger partial charge in [-0.25, -0.2) is 4.79 Å². The Morgan fingerprint density at radius 2 is 1.93 bits per heavy atom. The van der Waals surface area contributed by atoms with Crippen molar-refractivity contribution >= 4 is 41.7 Å². The van der Waals surface area contributed by atoms with E-state index in [1.807, 2.05) is 30.3 Å². The van der Waals surface area contributed by atoms with E-state index in [2.05, 4.69) is 35.3 Å². The molecule has 0 radical (unpaired) electrons. The molecule has 9 nitrogen and oxygen atoms in total. The predicted molar refractivity (Wildman–Crippen MR) is 121 cm³/mol. The molecule has 0 bridgehead atoms. The first-order valence-corrected chi connectivity index (χ1v) is 9.19. The van der Waals surface area contributed by atoms with Crippen molar-refractivity contribution < 1.29 is 14.1 Å². The topological polar surface area (TPSA) is 95.2 Å².